The van der Waals surface area contributed by atoms with Crippen LogP contribution in [-0.2, 0) is 0 Å². The van der Waals surface area contributed by atoms with Crippen LogP contribution in [0, 0.1) is 0 Å². The number of fused-ring (bicyclic) bond motifs is 1. The zero-order chi connectivity index (χ0) is 23.5. The number of methoxy groups -OCH3 is 6. The normalized spacial score (nSPS) is 10.7. The third kappa shape index (κ3) is 3.84. The van der Waals surface area contributed by atoms with Crippen LogP contribution in [0.3, 0.4) is 0 Å². The Kier molecular flexibility index (Phi) is 6.17. The van der Waals surface area contributed by atoms with E-state index in [-0.39, 0.29) is 0 Å². The fourth-order valence-electron chi connectivity index (χ4n) is 3.77. The van der Waals surface area contributed by atoms with Crippen LogP contribution in [0.4, 0.5) is 0 Å². The molecule has 0 fully saturated rings. The van der Waals surface area contributed by atoms with Gasteiger partial charge in [0.05, 0.1) is 42.7 Å². The van der Waals surface area contributed by atoms with Gasteiger partial charge in [0.25, 0.3) is 0 Å². The van der Waals surface area contributed by atoms with Crippen LogP contribution < -0.4 is 28.4 Å². The second-order valence-electron chi connectivity index (χ2n) is 7.01. The number of rotatable bonds is 8. The first kappa shape index (κ1) is 22.1. The van der Waals surface area contributed by atoms with E-state index in [4.69, 9.17) is 32.8 Å². The van der Waals surface area contributed by atoms with E-state index in [2.05, 4.69) is 4.98 Å². The van der Waals surface area contributed by atoms with Gasteiger partial charge < -0.3 is 32.8 Å². The minimum Gasteiger partial charge on any atom is -0.493 e. The quantitative estimate of drug-likeness (QED) is 0.361. The van der Waals surface area contributed by atoms with Gasteiger partial charge in [0, 0.05) is 23.4 Å². The first-order valence-corrected chi connectivity index (χ1v) is 10.1. The summed E-state index contributed by atoms with van der Waals surface area (Å²) >= 11 is 0. The van der Waals surface area contributed by atoms with Crippen molar-refractivity contribution in [3.05, 3.63) is 42.6 Å². The topological polar surface area (TPSA) is 81.4 Å². The van der Waals surface area contributed by atoms with Crippen LogP contribution >= 0.6 is 0 Å². The molecule has 0 amide bonds. The zero-order valence-electron chi connectivity index (χ0n) is 19.3. The van der Waals surface area contributed by atoms with Gasteiger partial charge in [0.15, 0.2) is 28.6 Å². The predicted molar refractivity (Wildman–Crippen MR) is 124 cm³/mol. The predicted octanol–water partition coefficient (Wildman–Crippen LogP) is 5.21. The van der Waals surface area contributed by atoms with Gasteiger partial charge >= 0.3 is 0 Å². The summed E-state index contributed by atoms with van der Waals surface area (Å²) in [7, 11) is 9.45. The van der Waals surface area contributed by atoms with Gasteiger partial charge in [-0.1, -0.05) is 0 Å². The Morgan fingerprint density at radius 1 is 0.606 bits per heavy atom. The molecule has 4 aromatic rings. The second kappa shape index (κ2) is 9.20. The first-order chi connectivity index (χ1) is 16.1. The van der Waals surface area contributed by atoms with Gasteiger partial charge in [-0.05, 0) is 35.9 Å². The molecule has 172 valence electrons. The Labute approximate surface area is 191 Å². The van der Waals surface area contributed by atoms with E-state index in [1.165, 1.54) is 0 Å². The van der Waals surface area contributed by atoms with Gasteiger partial charge in [0.2, 0.25) is 11.5 Å². The van der Waals surface area contributed by atoms with E-state index in [1.807, 2.05) is 36.4 Å². The van der Waals surface area contributed by atoms with Crippen LogP contribution in [0.25, 0.3) is 33.6 Å². The molecular weight excluding hydrogens is 426 g/mol. The highest BCUT2D eigenvalue weighted by molar-refractivity contribution is 5.93. The monoisotopic (exact) mass is 451 g/mol. The number of ether oxygens (including phenoxy) is 6. The molecule has 0 saturated heterocycles. The summed E-state index contributed by atoms with van der Waals surface area (Å²) in [4.78, 5) is 4.48. The van der Waals surface area contributed by atoms with Crippen LogP contribution in [0.1, 0.15) is 0 Å². The number of aromatic nitrogens is 1. The van der Waals surface area contributed by atoms with Crippen molar-refractivity contribution in [1.82, 2.24) is 4.98 Å². The number of hydrogen-bond acceptors (Lipinski definition) is 8. The maximum Gasteiger partial charge on any atom is 0.203 e. The lowest BCUT2D eigenvalue weighted by atomic mass is 10.0. The Morgan fingerprint density at radius 2 is 1.09 bits per heavy atom. The molecule has 33 heavy (non-hydrogen) atoms. The number of nitrogens with zero attached hydrogens (tertiary/aromatic N) is 1. The lowest BCUT2D eigenvalue weighted by Crippen LogP contribution is -1.96. The van der Waals surface area contributed by atoms with Crippen molar-refractivity contribution in [2.75, 3.05) is 42.7 Å². The summed E-state index contributed by atoms with van der Waals surface area (Å²) in [5.41, 5.74) is 3.75. The summed E-state index contributed by atoms with van der Waals surface area (Å²) < 4.78 is 39.1. The number of furan rings is 1. The first-order valence-electron chi connectivity index (χ1n) is 10.1. The highest BCUT2D eigenvalue weighted by atomic mass is 16.5. The molecule has 0 radical (unpaired) electrons. The molecule has 2 heterocycles. The maximum atomic E-state index is 6.29. The lowest BCUT2D eigenvalue weighted by molar-refractivity contribution is 0.324. The third-order valence-corrected chi connectivity index (χ3v) is 5.34. The molecule has 0 aliphatic rings. The van der Waals surface area contributed by atoms with Gasteiger partial charge in [-0.15, -0.1) is 0 Å². The lowest BCUT2D eigenvalue weighted by Gasteiger charge is -2.14. The van der Waals surface area contributed by atoms with Crippen LogP contribution in [0.2, 0.25) is 0 Å². The zero-order valence-corrected chi connectivity index (χ0v) is 19.3. The number of hydrogen-bond donors (Lipinski definition) is 0. The Balaban J connectivity index is 1.89. The van der Waals surface area contributed by atoms with Crippen molar-refractivity contribution < 1.29 is 32.8 Å². The van der Waals surface area contributed by atoms with Crippen molar-refractivity contribution >= 4 is 11.1 Å². The smallest absolute Gasteiger partial charge is 0.203 e. The van der Waals surface area contributed by atoms with Gasteiger partial charge in [-0.3, -0.25) is 4.98 Å². The summed E-state index contributed by atoms with van der Waals surface area (Å²) in [6, 6.07) is 11.2. The maximum absolute atomic E-state index is 6.29. The molecule has 0 unspecified atom stereocenters. The Hall–Kier alpha value is -4.07. The Bertz CT molecular complexity index is 1250. The second-order valence-corrected chi connectivity index (χ2v) is 7.01. The molecular formula is C25H25NO7. The molecule has 4 rings (SSSR count). The fourth-order valence-corrected chi connectivity index (χ4v) is 3.77. The van der Waals surface area contributed by atoms with E-state index < -0.39 is 0 Å². The summed E-state index contributed by atoms with van der Waals surface area (Å²) in [6.45, 7) is 0. The van der Waals surface area contributed by atoms with E-state index in [0.29, 0.717) is 51.4 Å². The van der Waals surface area contributed by atoms with E-state index in [0.717, 1.165) is 16.7 Å². The molecule has 8 heteroatoms. The SMILES string of the molecule is COc1cc(-c2cc3nccc(-c4cc(OC)c(OC)c(OC)c4)c3o2)cc(OC)c1OC. The van der Waals surface area contributed by atoms with Gasteiger partial charge in [-0.2, -0.15) is 0 Å². The van der Waals surface area contributed by atoms with E-state index in [1.54, 1.807) is 48.9 Å². The number of pyridine rings is 1. The Morgan fingerprint density at radius 3 is 1.55 bits per heavy atom. The highest BCUT2D eigenvalue weighted by Crippen LogP contribution is 2.45. The van der Waals surface area contributed by atoms with Crippen molar-refractivity contribution in [2.45, 2.75) is 0 Å². The van der Waals surface area contributed by atoms with Crippen molar-refractivity contribution in [1.29, 1.82) is 0 Å². The fraction of sp³-hybridized carbons (Fsp3) is 0.240. The molecule has 0 aliphatic carbocycles. The average Bonchev–Trinajstić information content (AvgIpc) is 3.31. The summed E-state index contributed by atoms with van der Waals surface area (Å²) in [5, 5.41) is 0. The minimum absolute atomic E-state index is 0.510. The standard InChI is InChI=1S/C25H25NO7/c1-27-19-9-14(10-20(28-2)24(19)31-5)16-7-8-26-17-13-18(33-23(16)17)15-11-21(29-3)25(32-6)22(12-15)30-4/h7-13H,1-6H3. The molecule has 2 aromatic heterocycles. The molecule has 0 N–H and O–H groups in total. The summed E-state index contributed by atoms with van der Waals surface area (Å²) in [5.74, 6) is 3.80. The third-order valence-electron chi connectivity index (χ3n) is 5.34. The van der Waals surface area contributed by atoms with Crippen LogP contribution in [-0.4, -0.2) is 47.6 Å². The van der Waals surface area contributed by atoms with E-state index in [9.17, 15) is 0 Å². The molecule has 0 saturated carbocycles. The molecule has 0 bridgehead atoms. The van der Waals surface area contributed by atoms with Crippen molar-refractivity contribution in [2.24, 2.45) is 0 Å². The highest BCUT2D eigenvalue weighted by Gasteiger charge is 2.20. The molecule has 2 aromatic carbocycles. The number of benzene rings is 2. The van der Waals surface area contributed by atoms with E-state index >= 15 is 0 Å². The van der Waals surface area contributed by atoms with Crippen molar-refractivity contribution in [3.8, 4) is 56.9 Å². The minimum atomic E-state index is 0.510. The van der Waals surface area contributed by atoms with Gasteiger partial charge in [0.1, 0.15) is 11.3 Å². The van der Waals surface area contributed by atoms with Gasteiger partial charge in [-0.25, -0.2) is 0 Å². The van der Waals surface area contributed by atoms with Crippen LogP contribution in [0.15, 0.2) is 47.0 Å². The largest absolute Gasteiger partial charge is 0.493 e. The van der Waals surface area contributed by atoms with Crippen LogP contribution in [0.5, 0.6) is 34.5 Å². The molecule has 8 nitrogen and oxygen atoms in total. The molecule has 0 aliphatic heterocycles. The van der Waals surface area contributed by atoms with Crippen molar-refractivity contribution in [3.63, 3.8) is 0 Å². The summed E-state index contributed by atoms with van der Waals surface area (Å²) in [6.07, 6.45) is 1.73. The molecule has 0 atom stereocenters. The average molecular weight is 451 g/mol. The molecule has 0 spiro atoms.